The summed E-state index contributed by atoms with van der Waals surface area (Å²) in [5.41, 5.74) is 0.420. The molecule has 0 radical (unpaired) electrons. The Bertz CT molecular complexity index is 417. The fourth-order valence-corrected chi connectivity index (χ4v) is 1.41. The Morgan fingerprint density at radius 2 is 1.77 bits per heavy atom. The Labute approximate surface area is 76.6 Å². The summed E-state index contributed by atoms with van der Waals surface area (Å²) in [6, 6.07) is 5.18. The summed E-state index contributed by atoms with van der Waals surface area (Å²) in [7, 11) is -3.29. The van der Waals surface area contributed by atoms with Gasteiger partial charge in [0.2, 0.25) is 0 Å². The van der Waals surface area contributed by atoms with Crippen molar-refractivity contribution in [2.45, 2.75) is 0 Å². The molecule has 0 spiro atoms. The van der Waals surface area contributed by atoms with Crippen molar-refractivity contribution in [3.63, 3.8) is 0 Å². The number of benzene rings is 1. The third-order valence-electron chi connectivity index (χ3n) is 1.61. The van der Waals surface area contributed by atoms with E-state index in [1.54, 1.807) is 0 Å². The van der Waals surface area contributed by atoms with Gasteiger partial charge >= 0.3 is 0 Å². The minimum atomic E-state index is -3.29. The van der Waals surface area contributed by atoms with E-state index < -0.39 is 15.7 Å². The molecule has 0 unspecified atom stereocenters. The number of rotatable bonds is 2. The van der Waals surface area contributed by atoms with Crippen LogP contribution in [-0.4, -0.2) is 14.7 Å². The number of sulfone groups is 1. The van der Waals surface area contributed by atoms with Gasteiger partial charge < -0.3 is 0 Å². The van der Waals surface area contributed by atoms with E-state index in [9.17, 15) is 12.8 Å². The van der Waals surface area contributed by atoms with Crippen molar-refractivity contribution in [3.05, 3.63) is 42.2 Å². The fraction of sp³-hybridized carbons (Fsp3) is 0.111. The van der Waals surface area contributed by atoms with Crippen molar-refractivity contribution >= 4 is 14.7 Å². The summed E-state index contributed by atoms with van der Waals surface area (Å²) < 4.78 is 34.5. The van der Waals surface area contributed by atoms with E-state index in [2.05, 4.69) is 6.58 Å². The SMILES string of the molecule is C=C(c1ccc(F)cc1)S(C)(=O)=O. The Balaban J connectivity index is 3.12. The lowest BCUT2D eigenvalue weighted by Crippen LogP contribution is -1.98. The standard InChI is InChI=1S/C9H9FO2S/c1-7(13(2,11)12)8-3-5-9(10)6-4-8/h3-6H,1H2,2H3. The molecule has 13 heavy (non-hydrogen) atoms. The molecule has 2 nitrogen and oxygen atoms in total. The van der Waals surface area contributed by atoms with Crippen LogP contribution in [0.3, 0.4) is 0 Å². The Morgan fingerprint density at radius 1 is 1.31 bits per heavy atom. The summed E-state index contributed by atoms with van der Waals surface area (Å²) in [4.78, 5) is 0.00694. The lowest BCUT2D eigenvalue weighted by Gasteiger charge is -2.02. The van der Waals surface area contributed by atoms with Crippen LogP contribution in [0.2, 0.25) is 0 Å². The summed E-state index contributed by atoms with van der Waals surface area (Å²) in [6.45, 7) is 3.42. The maximum absolute atomic E-state index is 12.5. The third-order valence-corrected chi connectivity index (χ3v) is 2.74. The molecule has 0 N–H and O–H groups in total. The first kappa shape index (κ1) is 9.92. The lowest BCUT2D eigenvalue weighted by atomic mass is 10.2. The van der Waals surface area contributed by atoms with Gasteiger partial charge in [0.05, 0.1) is 4.91 Å². The molecule has 0 aliphatic heterocycles. The summed E-state index contributed by atoms with van der Waals surface area (Å²) in [6.07, 6.45) is 1.07. The molecule has 0 bridgehead atoms. The minimum Gasteiger partial charge on any atom is -0.224 e. The highest BCUT2D eigenvalue weighted by Gasteiger charge is 2.10. The minimum absolute atomic E-state index is 0.00694. The van der Waals surface area contributed by atoms with Crippen LogP contribution in [-0.2, 0) is 9.84 Å². The van der Waals surface area contributed by atoms with Gasteiger partial charge in [0.15, 0.2) is 9.84 Å². The zero-order chi connectivity index (χ0) is 10.1. The normalized spacial score (nSPS) is 11.2. The molecule has 0 saturated heterocycles. The second kappa shape index (κ2) is 3.30. The van der Waals surface area contributed by atoms with Crippen LogP contribution in [0.4, 0.5) is 4.39 Å². The molecular formula is C9H9FO2S. The molecule has 0 heterocycles. The van der Waals surface area contributed by atoms with Crippen molar-refractivity contribution in [2.24, 2.45) is 0 Å². The lowest BCUT2D eigenvalue weighted by molar-refractivity contribution is 0.611. The molecule has 0 aromatic heterocycles. The van der Waals surface area contributed by atoms with E-state index in [4.69, 9.17) is 0 Å². The van der Waals surface area contributed by atoms with Crippen LogP contribution in [0.5, 0.6) is 0 Å². The van der Waals surface area contributed by atoms with Crippen molar-refractivity contribution in [1.82, 2.24) is 0 Å². The zero-order valence-electron chi connectivity index (χ0n) is 7.12. The highest BCUT2D eigenvalue weighted by molar-refractivity contribution is 7.99. The average molecular weight is 200 g/mol. The third kappa shape index (κ3) is 2.39. The monoisotopic (exact) mass is 200 g/mol. The van der Waals surface area contributed by atoms with Crippen LogP contribution in [0.25, 0.3) is 4.91 Å². The van der Waals surface area contributed by atoms with Gasteiger partial charge in [0.1, 0.15) is 5.82 Å². The van der Waals surface area contributed by atoms with Gasteiger partial charge in [-0.3, -0.25) is 0 Å². The molecule has 0 atom stereocenters. The largest absolute Gasteiger partial charge is 0.224 e. The number of hydrogen-bond donors (Lipinski definition) is 0. The van der Waals surface area contributed by atoms with Gasteiger partial charge in [-0.05, 0) is 17.7 Å². The van der Waals surface area contributed by atoms with Gasteiger partial charge in [-0.2, -0.15) is 0 Å². The quantitative estimate of drug-likeness (QED) is 0.730. The van der Waals surface area contributed by atoms with Crippen molar-refractivity contribution < 1.29 is 12.8 Å². The molecule has 4 heteroatoms. The second-order valence-electron chi connectivity index (χ2n) is 2.70. The Kier molecular flexibility index (Phi) is 2.52. The zero-order valence-corrected chi connectivity index (χ0v) is 7.94. The van der Waals surface area contributed by atoms with Crippen LogP contribution in [0.15, 0.2) is 30.8 Å². The smallest absolute Gasteiger partial charge is 0.175 e. The van der Waals surface area contributed by atoms with Crippen LogP contribution in [0, 0.1) is 5.82 Å². The van der Waals surface area contributed by atoms with Crippen molar-refractivity contribution in [1.29, 1.82) is 0 Å². The molecule has 70 valence electrons. The number of halogens is 1. The van der Waals surface area contributed by atoms with Crippen molar-refractivity contribution in [3.8, 4) is 0 Å². The Morgan fingerprint density at radius 3 is 2.15 bits per heavy atom. The van der Waals surface area contributed by atoms with E-state index in [1.807, 2.05) is 0 Å². The summed E-state index contributed by atoms with van der Waals surface area (Å²) in [5.74, 6) is -0.398. The van der Waals surface area contributed by atoms with E-state index in [1.165, 1.54) is 24.3 Å². The van der Waals surface area contributed by atoms with Gasteiger partial charge in [-0.15, -0.1) is 0 Å². The topological polar surface area (TPSA) is 34.1 Å². The van der Waals surface area contributed by atoms with Gasteiger partial charge in [0.25, 0.3) is 0 Å². The van der Waals surface area contributed by atoms with E-state index in [0.29, 0.717) is 5.56 Å². The van der Waals surface area contributed by atoms with Crippen molar-refractivity contribution in [2.75, 3.05) is 6.26 Å². The molecular weight excluding hydrogens is 191 g/mol. The number of hydrogen-bond acceptors (Lipinski definition) is 2. The second-order valence-corrected chi connectivity index (χ2v) is 4.74. The van der Waals surface area contributed by atoms with Gasteiger partial charge in [-0.1, -0.05) is 18.7 Å². The molecule has 1 rings (SSSR count). The highest BCUT2D eigenvalue weighted by atomic mass is 32.2. The van der Waals surface area contributed by atoms with E-state index in [-0.39, 0.29) is 4.91 Å². The van der Waals surface area contributed by atoms with Crippen LogP contribution >= 0.6 is 0 Å². The molecule has 0 aliphatic carbocycles. The molecule has 0 fully saturated rings. The molecule has 0 aliphatic rings. The maximum Gasteiger partial charge on any atom is 0.175 e. The molecule has 0 saturated carbocycles. The average Bonchev–Trinajstić information content (AvgIpc) is 2.03. The maximum atomic E-state index is 12.5. The van der Waals surface area contributed by atoms with Crippen LogP contribution < -0.4 is 0 Å². The molecule has 1 aromatic carbocycles. The summed E-state index contributed by atoms with van der Waals surface area (Å²) >= 11 is 0. The van der Waals surface area contributed by atoms with E-state index in [0.717, 1.165) is 6.26 Å². The van der Waals surface area contributed by atoms with Crippen LogP contribution in [0.1, 0.15) is 5.56 Å². The van der Waals surface area contributed by atoms with E-state index >= 15 is 0 Å². The predicted octanol–water partition coefficient (Wildman–Crippen LogP) is 1.84. The predicted molar refractivity (Wildman–Crippen MR) is 50.3 cm³/mol. The summed E-state index contributed by atoms with van der Waals surface area (Å²) in [5, 5.41) is 0. The first-order valence-corrected chi connectivity index (χ1v) is 5.45. The van der Waals surface area contributed by atoms with Gasteiger partial charge in [0, 0.05) is 6.26 Å². The first-order valence-electron chi connectivity index (χ1n) is 3.56. The highest BCUT2D eigenvalue weighted by Crippen LogP contribution is 2.17. The Hall–Kier alpha value is -1.16. The molecule has 0 amide bonds. The first-order chi connectivity index (χ1) is 5.91. The fourth-order valence-electron chi connectivity index (χ4n) is 0.850. The molecule has 1 aromatic rings. The van der Waals surface area contributed by atoms with Gasteiger partial charge in [-0.25, -0.2) is 12.8 Å².